The monoisotopic (exact) mass is 450 g/mol. The van der Waals surface area contributed by atoms with Gasteiger partial charge in [-0.15, -0.1) is 11.3 Å². The molecule has 5 rings (SSSR count). The molecule has 32 heavy (non-hydrogen) atoms. The number of amides is 1. The molecule has 3 aromatic rings. The number of nitrogens with zero attached hydrogens (tertiary/aromatic N) is 3. The van der Waals surface area contributed by atoms with Gasteiger partial charge in [-0.3, -0.25) is 19.1 Å². The molecule has 0 aliphatic carbocycles. The van der Waals surface area contributed by atoms with Crippen LogP contribution in [0.25, 0.3) is 10.2 Å². The summed E-state index contributed by atoms with van der Waals surface area (Å²) in [7, 11) is 0. The highest BCUT2D eigenvalue weighted by Gasteiger charge is 2.25. The van der Waals surface area contributed by atoms with E-state index in [1.54, 1.807) is 0 Å². The Hall–Kier alpha value is -2.51. The summed E-state index contributed by atoms with van der Waals surface area (Å²) >= 11 is 1.37. The average Bonchev–Trinajstić information content (AvgIpc) is 2.96. The Morgan fingerprint density at radius 2 is 1.91 bits per heavy atom. The molecule has 0 spiro atoms. The topological polar surface area (TPSA) is 67.2 Å². The van der Waals surface area contributed by atoms with E-state index in [4.69, 9.17) is 4.98 Å². The molecule has 1 amide bonds. The van der Waals surface area contributed by atoms with E-state index in [9.17, 15) is 9.59 Å². The van der Waals surface area contributed by atoms with E-state index in [0.717, 1.165) is 76.1 Å². The lowest BCUT2D eigenvalue weighted by Gasteiger charge is -2.32. The van der Waals surface area contributed by atoms with Crippen LogP contribution in [0.4, 0.5) is 0 Å². The number of thiophene rings is 1. The predicted octanol–water partition coefficient (Wildman–Crippen LogP) is 3.89. The van der Waals surface area contributed by atoms with Gasteiger partial charge in [-0.2, -0.15) is 0 Å². The number of hydrogen-bond acceptors (Lipinski definition) is 5. The molecule has 1 fully saturated rings. The molecule has 0 radical (unpaired) electrons. The number of carbonyl (C=O) groups excluding carboxylic acids is 1. The van der Waals surface area contributed by atoms with Crippen molar-refractivity contribution >= 4 is 27.5 Å². The van der Waals surface area contributed by atoms with Crippen molar-refractivity contribution in [3.05, 3.63) is 62.5 Å². The lowest BCUT2D eigenvalue weighted by atomic mass is 10.0. The highest BCUT2D eigenvalue weighted by atomic mass is 32.1. The third-order valence-corrected chi connectivity index (χ3v) is 7.97. The molecular weight excluding hydrogens is 420 g/mol. The quantitative estimate of drug-likeness (QED) is 0.655. The maximum Gasteiger partial charge on any atom is 0.262 e. The molecule has 6 nitrogen and oxygen atoms in total. The highest BCUT2D eigenvalue weighted by molar-refractivity contribution is 7.20. The molecule has 1 N–H and O–H groups in total. The molecule has 0 bridgehead atoms. The summed E-state index contributed by atoms with van der Waals surface area (Å²) < 4.78 is 1.83. The molecule has 0 saturated carbocycles. The van der Waals surface area contributed by atoms with Crippen LogP contribution in [0.15, 0.2) is 35.1 Å². The van der Waals surface area contributed by atoms with E-state index in [0.29, 0.717) is 15.1 Å². The molecule has 4 heterocycles. The van der Waals surface area contributed by atoms with E-state index in [1.165, 1.54) is 16.9 Å². The van der Waals surface area contributed by atoms with E-state index < -0.39 is 0 Å². The molecule has 0 unspecified atom stereocenters. The van der Waals surface area contributed by atoms with Crippen molar-refractivity contribution in [3.63, 3.8) is 0 Å². The SMILES string of the molecule is Cc1c(C(=O)NC2CCN(Cc3ccccc3)CC2)sc2nc3n(c(=O)c12)CCCCC3. The van der Waals surface area contributed by atoms with Gasteiger partial charge in [0.1, 0.15) is 10.7 Å². The van der Waals surface area contributed by atoms with Crippen LogP contribution < -0.4 is 10.9 Å². The van der Waals surface area contributed by atoms with Crippen LogP contribution in [0.3, 0.4) is 0 Å². The molecule has 1 aromatic carbocycles. The van der Waals surface area contributed by atoms with Gasteiger partial charge in [-0.25, -0.2) is 4.98 Å². The number of benzene rings is 1. The maximum atomic E-state index is 13.2. The number of likely N-dealkylation sites (tertiary alicyclic amines) is 1. The third-order valence-electron chi connectivity index (χ3n) is 6.79. The van der Waals surface area contributed by atoms with Crippen LogP contribution in [0, 0.1) is 6.92 Å². The first kappa shape index (κ1) is 21.3. The first-order valence-corrected chi connectivity index (χ1v) is 12.5. The molecule has 168 valence electrons. The summed E-state index contributed by atoms with van der Waals surface area (Å²) in [5.41, 5.74) is 2.13. The van der Waals surface area contributed by atoms with Gasteiger partial charge in [0.15, 0.2) is 0 Å². The lowest BCUT2D eigenvalue weighted by molar-refractivity contribution is 0.0912. The normalized spacial score (nSPS) is 17.8. The summed E-state index contributed by atoms with van der Waals surface area (Å²) in [4.78, 5) is 34.8. The molecule has 2 aromatic heterocycles. The maximum absolute atomic E-state index is 13.2. The fourth-order valence-corrected chi connectivity index (χ4v) is 6.05. The average molecular weight is 451 g/mol. The van der Waals surface area contributed by atoms with Crippen molar-refractivity contribution in [2.45, 2.75) is 64.6 Å². The van der Waals surface area contributed by atoms with Crippen molar-refractivity contribution in [1.29, 1.82) is 0 Å². The fraction of sp³-hybridized carbons (Fsp3) is 0.480. The van der Waals surface area contributed by atoms with Crippen molar-refractivity contribution in [2.24, 2.45) is 0 Å². The Balaban J connectivity index is 1.28. The van der Waals surface area contributed by atoms with Crippen molar-refractivity contribution in [2.75, 3.05) is 13.1 Å². The summed E-state index contributed by atoms with van der Waals surface area (Å²) in [6.45, 7) is 5.53. The zero-order chi connectivity index (χ0) is 22.1. The number of hydrogen-bond donors (Lipinski definition) is 1. The van der Waals surface area contributed by atoms with Gasteiger partial charge in [-0.1, -0.05) is 36.8 Å². The van der Waals surface area contributed by atoms with Gasteiger partial charge in [0.05, 0.1) is 10.3 Å². The zero-order valence-corrected chi connectivity index (χ0v) is 19.4. The molecule has 2 aliphatic heterocycles. The molecular formula is C25H30N4O2S. The Kier molecular flexibility index (Phi) is 6.11. The van der Waals surface area contributed by atoms with Crippen molar-refractivity contribution in [3.8, 4) is 0 Å². The number of aryl methyl sites for hydroxylation is 2. The number of fused-ring (bicyclic) bond motifs is 2. The summed E-state index contributed by atoms with van der Waals surface area (Å²) in [5, 5.41) is 3.86. The van der Waals surface area contributed by atoms with Crippen molar-refractivity contribution < 1.29 is 4.79 Å². The molecule has 0 atom stereocenters. The standard InChI is InChI=1S/C25H30N4O2S/c1-17-21-24(27-20-10-6-3-7-13-29(20)25(21)31)32-22(17)23(30)26-19-11-14-28(15-12-19)16-18-8-4-2-5-9-18/h2,4-5,8-9,19H,3,6-7,10-16H2,1H3,(H,26,30). The minimum Gasteiger partial charge on any atom is -0.349 e. The minimum atomic E-state index is -0.0633. The smallest absolute Gasteiger partial charge is 0.262 e. The molecule has 7 heteroatoms. The van der Waals surface area contributed by atoms with E-state index in [-0.39, 0.29) is 17.5 Å². The summed E-state index contributed by atoms with van der Waals surface area (Å²) in [6, 6.07) is 10.7. The predicted molar refractivity (Wildman–Crippen MR) is 128 cm³/mol. The van der Waals surface area contributed by atoms with E-state index >= 15 is 0 Å². The first-order valence-electron chi connectivity index (χ1n) is 11.7. The number of carbonyl (C=O) groups is 1. The Morgan fingerprint density at radius 3 is 2.69 bits per heavy atom. The number of nitrogens with one attached hydrogen (secondary N) is 1. The van der Waals surface area contributed by atoms with Gasteiger partial charge in [0, 0.05) is 38.6 Å². The van der Waals surface area contributed by atoms with Gasteiger partial charge in [-0.05, 0) is 43.7 Å². The second-order valence-corrected chi connectivity index (χ2v) is 10.0. The van der Waals surface area contributed by atoms with Crippen molar-refractivity contribution in [1.82, 2.24) is 19.8 Å². The van der Waals surface area contributed by atoms with Crippen LogP contribution >= 0.6 is 11.3 Å². The largest absolute Gasteiger partial charge is 0.349 e. The summed E-state index contributed by atoms with van der Waals surface area (Å²) in [5.74, 6) is 0.811. The number of piperidine rings is 1. The van der Waals surface area contributed by atoms with Crippen LogP contribution in [0.5, 0.6) is 0 Å². The van der Waals surface area contributed by atoms with Gasteiger partial charge >= 0.3 is 0 Å². The van der Waals surface area contributed by atoms with Gasteiger partial charge in [0.2, 0.25) is 0 Å². The van der Waals surface area contributed by atoms with Crippen LogP contribution in [-0.4, -0.2) is 39.5 Å². The third kappa shape index (κ3) is 4.24. The molecule has 2 aliphatic rings. The van der Waals surface area contributed by atoms with Crippen LogP contribution in [-0.2, 0) is 19.5 Å². The lowest BCUT2D eigenvalue weighted by Crippen LogP contribution is -2.44. The second-order valence-electron chi connectivity index (χ2n) is 9.04. The Labute approximate surface area is 192 Å². The van der Waals surface area contributed by atoms with Crippen LogP contribution in [0.2, 0.25) is 0 Å². The van der Waals surface area contributed by atoms with Crippen LogP contribution in [0.1, 0.15) is 58.7 Å². The Morgan fingerprint density at radius 1 is 1.12 bits per heavy atom. The van der Waals surface area contributed by atoms with Gasteiger partial charge < -0.3 is 5.32 Å². The second kappa shape index (κ2) is 9.16. The fourth-order valence-electron chi connectivity index (χ4n) is 4.95. The zero-order valence-electron chi connectivity index (χ0n) is 18.6. The molecule has 1 saturated heterocycles. The van der Waals surface area contributed by atoms with E-state index in [1.807, 2.05) is 17.6 Å². The van der Waals surface area contributed by atoms with E-state index in [2.05, 4.69) is 34.5 Å². The number of aromatic nitrogens is 2. The van der Waals surface area contributed by atoms with Gasteiger partial charge in [0.25, 0.3) is 11.5 Å². The minimum absolute atomic E-state index is 0.0221. The Bertz CT molecular complexity index is 1180. The first-order chi connectivity index (χ1) is 15.6. The summed E-state index contributed by atoms with van der Waals surface area (Å²) in [6.07, 6.45) is 5.94. The highest BCUT2D eigenvalue weighted by Crippen LogP contribution is 2.28. The number of rotatable bonds is 4.